The Morgan fingerprint density at radius 1 is 1.17 bits per heavy atom. The van der Waals surface area contributed by atoms with Crippen molar-refractivity contribution in [3.8, 4) is 0 Å². The van der Waals surface area contributed by atoms with Crippen molar-refractivity contribution in [3.05, 3.63) is 36.3 Å². The molecule has 1 saturated heterocycles. The standard InChI is InChI=1S/C18H26N4O/c1-2-3-4-8-18(23)21-12-10-20(11-13-21)14-16-15-22-9-6-5-7-17(22)19-16/h5-7,9,15H,2-4,8,10-14H2,1H3. The summed E-state index contributed by atoms with van der Waals surface area (Å²) in [7, 11) is 0. The smallest absolute Gasteiger partial charge is 0.222 e. The van der Waals surface area contributed by atoms with Crippen molar-refractivity contribution in [3.63, 3.8) is 0 Å². The van der Waals surface area contributed by atoms with E-state index in [1.807, 2.05) is 29.3 Å². The number of unbranched alkanes of at least 4 members (excludes halogenated alkanes) is 2. The van der Waals surface area contributed by atoms with Gasteiger partial charge >= 0.3 is 0 Å². The predicted octanol–water partition coefficient (Wildman–Crippen LogP) is 2.56. The second-order valence-corrected chi connectivity index (χ2v) is 6.31. The van der Waals surface area contributed by atoms with Gasteiger partial charge in [0, 0.05) is 51.5 Å². The molecule has 0 atom stereocenters. The third-order valence-corrected chi connectivity index (χ3v) is 4.52. The highest BCUT2D eigenvalue weighted by Crippen LogP contribution is 2.11. The highest BCUT2D eigenvalue weighted by atomic mass is 16.2. The fourth-order valence-electron chi connectivity index (χ4n) is 3.13. The lowest BCUT2D eigenvalue weighted by molar-refractivity contribution is -0.133. The molecule has 5 heteroatoms. The number of carbonyl (C=O) groups is 1. The largest absolute Gasteiger partial charge is 0.340 e. The Balaban J connectivity index is 1.48. The van der Waals surface area contributed by atoms with E-state index in [9.17, 15) is 4.79 Å². The molecule has 0 unspecified atom stereocenters. The van der Waals surface area contributed by atoms with Gasteiger partial charge in [0.25, 0.3) is 0 Å². The van der Waals surface area contributed by atoms with Crippen molar-refractivity contribution in [2.24, 2.45) is 0 Å². The number of piperazine rings is 1. The molecular formula is C18H26N4O. The SMILES string of the molecule is CCCCCC(=O)N1CCN(Cc2cn3ccccc3n2)CC1. The molecule has 0 aromatic carbocycles. The molecule has 0 bridgehead atoms. The van der Waals surface area contributed by atoms with Gasteiger partial charge in [-0.1, -0.05) is 25.8 Å². The summed E-state index contributed by atoms with van der Waals surface area (Å²) in [6.07, 6.45) is 8.17. The Bertz CT molecular complexity index is 610. The van der Waals surface area contributed by atoms with E-state index < -0.39 is 0 Å². The molecule has 3 rings (SSSR count). The molecule has 0 radical (unpaired) electrons. The van der Waals surface area contributed by atoms with Crippen LogP contribution in [0.3, 0.4) is 0 Å². The topological polar surface area (TPSA) is 40.9 Å². The van der Waals surface area contributed by atoms with Crippen LogP contribution in [0.25, 0.3) is 5.65 Å². The predicted molar refractivity (Wildman–Crippen MR) is 91.2 cm³/mol. The van der Waals surface area contributed by atoms with Crippen LogP contribution in [0.15, 0.2) is 30.6 Å². The van der Waals surface area contributed by atoms with Gasteiger partial charge in [0.2, 0.25) is 5.91 Å². The van der Waals surface area contributed by atoms with Crippen LogP contribution in [-0.2, 0) is 11.3 Å². The molecule has 1 fully saturated rings. The highest BCUT2D eigenvalue weighted by molar-refractivity contribution is 5.76. The fraction of sp³-hybridized carbons (Fsp3) is 0.556. The molecule has 2 aromatic heterocycles. The summed E-state index contributed by atoms with van der Waals surface area (Å²) in [5.74, 6) is 0.325. The summed E-state index contributed by atoms with van der Waals surface area (Å²) in [5, 5.41) is 0. The molecule has 0 N–H and O–H groups in total. The quantitative estimate of drug-likeness (QED) is 0.770. The lowest BCUT2D eigenvalue weighted by Crippen LogP contribution is -2.48. The normalized spacial score (nSPS) is 16.1. The van der Waals surface area contributed by atoms with Crippen molar-refractivity contribution in [1.29, 1.82) is 0 Å². The Kier molecular flexibility index (Phi) is 5.28. The molecule has 5 nitrogen and oxygen atoms in total. The van der Waals surface area contributed by atoms with Gasteiger partial charge in [-0.15, -0.1) is 0 Å². The van der Waals surface area contributed by atoms with Crippen molar-refractivity contribution < 1.29 is 4.79 Å². The number of pyridine rings is 1. The van der Waals surface area contributed by atoms with E-state index in [0.717, 1.165) is 56.9 Å². The summed E-state index contributed by atoms with van der Waals surface area (Å²) in [6, 6.07) is 6.05. The van der Waals surface area contributed by atoms with Gasteiger partial charge in [-0.3, -0.25) is 9.69 Å². The van der Waals surface area contributed by atoms with Gasteiger partial charge in [0.05, 0.1) is 5.69 Å². The molecule has 2 aromatic rings. The molecule has 124 valence electrons. The zero-order valence-corrected chi connectivity index (χ0v) is 13.9. The van der Waals surface area contributed by atoms with Gasteiger partial charge in [0.1, 0.15) is 5.65 Å². The molecule has 1 aliphatic rings. The minimum Gasteiger partial charge on any atom is -0.340 e. The average Bonchev–Trinajstić information content (AvgIpc) is 2.98. The number of imidazole rings is 1. The molecule has 1 aliphatic heterocycles. The lowest BCUT2D eigenvalue weighted by atomic mass is 10.2. The first-order chi connectivity index (χ1) is 11.3. The number of rotatable bonds is 6. The summed E-state index contributed by atoms with van der Waals surface area (Å²) in [5.41, 5.74) is 2.09. The number of nitrogens with zero attached hydrogens (tertiary/aromatic N) is 4. The van der Waals surface area contributed by atoms with Gasteiger partial charge in [-0.25, -0.2) is 4.98 Å². The van der Waals surface area contributed by atoms with Gasteiger partial charge in [-0.2, -0.15) is 0 Å². The van der Waals surface area contributed by atoms with Gasteiger partial charge in [-0.05, 0) is 18.6 Å². The minimum atomic E-state index is 0.325. The van der Waals surface area contributed by atoms with Crippen molar-refractivity contribution in [2.75, 3.05) is 26.2 Å². The van der Waals surface area contributed by atoms with Crippen LogP contribution in [0.4, 0.5) is 0 Å². The number of carbonyl (C=O) groups excluding carboxylic acids is 1. The maximum Gasteiger partial charge on any atom is 0.222 e. The second kappa shape index (κ2) is 7.59. The fourth-order valence-corrected chi connectivity index (χ4v) is 3.13. The van der Waals surface area contributed by atoms with Crippen LogP contribution in [-0.4, -0.2) is 51.3 Å². The van der Waals surface area contributed by atoms with Crippen LogP contribution in [0.2, 0.25) is 0 Å². The average molecular weight is 314 g/mol. The zero-order chi connectivity index (χ0) is 16.1. The first-order valence-corrected chi connectivity index (χ1v) is 8.69. The van der Waals surface area contributed by atoms with Crippen LogP contribution < -0.4 is 0 Å². The molecule has 23 heavy (non-hydrogen) atoms. The van der Waals surface area contributed by atoms with E-state index in [4.69, 9.17) is 0 Å². The maximum atomic E-state index is 12.1. The number of aromatic nitrogens is 2. The molecule has 0 saturated carbocycles. The number of hydrogen-bond donors (Lipinski definition) is 0. The summed E-state index contributed by atoms with van der Waals surface area (Å²) in [6.45, 7) is 6.60. The monoisotopic (exact) mass is 314 g/mol. The summed E-state index contributed by atoms with van der Waals surface area (Å²) >= 11 is 0. The first-order valence-electron chi connectivity index (χ1n) is 8.69. The molecule has 0 aliphatic carbocycles. The molecule has 0 spiro atoms. The number of hydrogen-bond acceptors (Lipinski definition) is 3. The first kappa shape index (κ1) is 16.0. The Morgan fingerprint density at radius 3 is 2.74 bits per heavy atom. The van der Waals surface area contributed by atoms with E-state index in [1.54, 1.807) is 0 Å². The van der Waals surface area contributed by atoms with Gasteiger partial charge in [0.15, 0.2) is 0 Å². The van der Waals surface area contributed by atoms with Crippen LogP contribution in [0.5, 0.6) is 0 Å². The zero-order valence-electron chi connectivity index (χ0n) is 13.9. The third kappa shape index (κ3) is 4.10. The molecule has 3 heterocycles. The molecular weight excluding hydrogens is 288 g/mol. The van der Waals surface area contributed by atoms with E-state index >= 15 is 0 Å². The summed E-state index contributed by atoms with van der Waals surface area (Å²) < 4.78 is 2.06. The van der Waals surface area contributed by atoms with Crippen LogP contribution in [0, 0.1) is 0 Å². The Morgan fingerprint density at radius 2 is 2.00 bits per heavy atom. The van der Waals surface area contributed by atoms with Gasteiger partial charge < -0.3 is 9.30 Å². The highest BCUT2D eigenvalue weighted by Gasteiger charge is 2.21. The van der Waals surface area contributed by atoms with E-state index in [0.29, 0.717) is 12.3 Å². The lowest BCUT2D eigenvalue weighted by Gasteiger charge is -2.34. The summed E-state index contributed by atoms with van der Waals surface area (Å²) in [4.78, 5) is 21.2. The third-order valence-electron chi connectivity index (χ3n) is 4.52. The molecule has 1 amide bonds. The van der Waals surface area contributed by atoms with Crippen molar-refractivity contribution in [1.82, 2.24) is 19.2 Å². The Labute approximate surface area is 137 Å². The van der Waals surface area contributed by atoms with E-state index in [1.165, 1.54) is 6.42 Å². The van der Waals surface area contributed by atoms with E-state index in [-0.39, 0.29) is 0 Å². The van der Waals surface area contributed by atoms with Crippen molar-refractivity contribution in [2.45, 2.75) is 39.2 Å². The van der Waals surface area contributed by atoms with Crippen LogP contribution >= 0.6 is 0 Å². The number of amides is 1. The number of fused-ring (bicyclic) bond motifs is 1. The Hall–Kier alpha value is -1.88. The van der Waals surface area contributed by atoms with E-state index in [2.05, 4.69) is 27.4 Å². The second-order valence-electron chi connectivity index (χ2n) is 6.31. The van der Waals surface area contributed by atoms with Crippen LogP contribution in [0.1, 0.15) is 38.3 Å². The van der Waals surface area contributed by atoms with Crippen molar-refractivity contribution >= 4 is 11.6 Å². The maximum absolute atomic E-state index is 12.1. The minimum absolute atomic E-state index is 0.325.